The van der Waals surface area contributed by atoms with Gasteiger partial charge in [0.2, 0.25) is 0 Å². The van der Waals surface area contributed by atoms with Gasteiger partial charge in [-0.25, -0.2) is 0 Å². The Hall–Kier alpha value is -0.320. The highest BCUT2D eigenvalue weighted by Crippen LogP contribution is 2.33. The van der Waals surface area contributed by atoms with Crippen molar-refractivity contribution < 1.29 is 4.74 Å². The summed E-state index contributed by atoms with van der Waals surface area (Å²) in [6.45, 7) is 5.34. The van der Waals surface area contributed by atoms with Gasteiger partial charge >= 0.3 is 0 Å². The Balaban J connectivity index is 2.86. The molecular formula is C14H19Br2NO. The summed E-state index contributed by atoms with van der Waals surface area (Å²) in [6.07, 6.45) is 5.37. The Morgan fingerprint density at radius 1 is 1.39 bits per heavy atom. The van der Waals surface area contributed by atoms with Crippen molar-refractivity contribution in [2.24, 2.45) is 0 Å². The summed E-state index contributed by atoms with van der Waals surface area (Å²) in [4.78, 5) is 0. The molecule has 1 aromatic rings. The molecule has 0 heterocycles. The van der Waals surface area contributed by atoms with Crippen LogP contribution in [0.25, 0.3) is 6.08 Å². The third-order valence-corrected chi connectivity index (χ3v) is 3.57. The Labute approximate surface area is 126 Å². The maximum atomic E-state index is 5.41. The molecule has 0 aliphatic heterocycles. The molecule has 0 aromatic heterocycles. The van der Waals surface area contributed by atoms with Gasteiger partial charge in [0.1, 0.15) is 5.75 Å². The molecule has 4 heteroatoms. The van der Waals surface area contributed by atoms with Gasteiger partial charge in [0.15, 0.2) is 0 Å². The molecule has 1 rings (SSSR count). The third kappa shape index (κ3) is 4.75. The van der Waals surface area contributed by atoms with E-state index in [1.165, 1.54) is 0 Å². The van der Waals surface area contributed by atoms with Crippen molar-refractivity contribution in [2.45, 2.75) is 26.3 Å². The van der Waals surface area contributed by atoms with Gasteiger partial charge in [-0.15, -0.1) is 0 Å². The minimum absolute atomic E-state index is 0.354. The van der Waals surface area contributed by atoms with E-state index in [1.54, 1.807) is 7.11 Å². The smallest absolute Gasteiger partial charge is 0.140 e. The van der Waals surface area contributed by atoms with E-state index in [1.807, 2.05) is 12.1 Å². The van der Waals surface area contributed by atoms with E-state index < -0.39 is 0 Å². The number of nitrogens with one attached hydrogen (secondary N) is 1. The highest BCUT2D eigenvalue weighted by atomic mass is 79.9. The van der Waals surface area contributed by atoms with Crippen LogP contribution in [-0.2, 0) is 0 Å². The normalized spacial score (nSPS) is 12.9. The number of hydrogen-bond donors (Lipinski definition) is 1. The van der Waals surface area contributed by atoms with Crippen LogP contribution in [0.3, 0.4) is 0 Å². The zero-order valence-electron chi connectivity index (χ0n) is 11.0. The van der Waals surface area contributed by atoms with E-state index in [0.717, 1.165) is 33.2 Å². The molecule has 0 amide bonds. The van der Waals surface area contributed by atoms with Crippen molar-refractivity contribution >= 4 is 37.9 Å². The van der Waals surface area contributed by atoms with E-state index in [4.69, 9.17) is 4.74 Å². The number of methoxy groups -OCH3 is 1. The third-order valence-electron chi connectivity index (χ3n) is 2.52. The van der Waals surface area contributed by atoms with Gasteiger partial charge in [-0.1, -0.05) is 35.0 Å². The summed E-state index contributed by atoms with van der Waals surface area (Å²) in [7, 11) is 1.68. The molecule has 0 spiro atoms. The molecule has 1 unspecified atom stereocenters. The van der Waals surface area contributed by atoms with Gasteiger partial charge in [-0.3, -0.25) is 0 Å². The second kappa shape index (κ2) is 7.97. The van der Waals surface area contributed by atoms with E-state index in [0.29, 0.717) is 6.04 Å². The molecule has 0 radical (unpaired) electrons. The maximum Gasteiger partial charge on any atom is 0.140 e. The molecule has 0 aliphatic rings. The van der Waals surface area contributed by atoms with E-state index in [2.05, 4.69) is 63.2 Å². The van der Waals surface area contributed by atoms with Crippen molar-refractivity contribution in [3.63, 3.8) is 0 Å². The topological polar surface area (TPSA) is 21.3 Å². The number of rotatable bonds is 6. The number of halogens is 2. The monoisotopic (exact) mass is 375 g/mol. The Morgan fingerprint density at radius 3 is 2.72 bits per heavy atom. The summed E-state index contributed by atoms with van der Waals surface area (Å²) in [5.74, 6) is 0.858. The summed E-state index contributed by atoms with van der Waals surface area (Å²) in [5.41, 5.74) is 1.06. The highest BCUT2D eigenvalue weighted by molar-refractivity contribution is 9.11. The van der Waals surface area contributed by atoms with Crippen molar-refractivity contribution in [2.75, 3.05) is 13.7 Å². The first-order valence-corrected chi connectivity index (χ1v) is 7.61. The summed E-state index contributed by atoms with van der Waals surface area (Å²) < 4.78 is 7.39. The van der Waals surface area contributed by atoms with E-state index in [9.17, 15) is 0 Å². The molecule has 100 valence electrons. The minimum atomic E-state index is 0.354. The van der Waals surface area contributed by atoms with Crippen LogP contribution in [-0.4, -0.2) is 19.7 Å². The average molecular weight is 377 g/mol. The molecule has 0 bridgehead atoms. The van der Waals surface area contributed by atoms with Crippen LogP contribution in [0.4, 0.5) is 0 Å². The summed E-state index contributed by atoms with van der Waals surface area (Å²) in [5, 5.41) is 3.42. The number of hydrogen-bond acceptors (Lipinski definition) is 2. The van der Waals surface area contributed by atoms with E-state index >= 15 is 0 Å². The van der Waals surface area contributed by atoms with Crippen molar-refractivity contribution in [3.05, 3.63) is 32.7 Å². The molecule has 0 saturated heterocycles. The first-order chi connectivity index (χ1) is 8.58. The second-order valence-corrected chi connectivity index (χ2v) is 5.88. The first kappa shape index (κ1) is 15.7. The van der Waals surface area contributed by atoms with Crippen LogP contribution >= 0.6 is 31.9 Å². The van der Waals surface area contributed by atoms with Crippen LogP contribution in [0.15, 0.2) is 27.2 Å². The average Bonchev–Trinajstić information content (AvgIpc) is 2.33. The van der Waals surface area contributed by atoms with Crippen molar-refractivity contribution in [3.8, 4) is 5.75 Å². The quantitative estimate of drug-likeness (QED) is 0.781. The largest absolute Gasteiger partial charge is 0.495 e. The number of benzene rings is 1. The Morgan fingerprint density at radius 2 is 2.11 bits per heavy atom. The van der Waals surface area contributed by atoms with Crippen LogP contribution in [0, 0.1) is 0 Å². The fraction of sp³-hybridized carbons (Fsp3) is 0.429. The molecule has 0 aliphatic carbocycles. The molecule has 18 heavy (non-hydrogen) atoms. The number of ether oxygens (including phenoxy) is 1. The van der Waals surface area contributed by atoms with Gasteiger partial charge in [0.25, 0.3) is 0 Å². The molecule has 0 fully saturated rings. The molecule has 1 atom stereocenters. The van der Waals surface area contributed by atoms with Crippen molar-refractivity contribution in [1.82, 2.24) is 5.32 Å². The lowest BCUT2D eigenvalue weighted by molar-refractivity contribution is 0.411. The lowest BCUT2D eigenvalue weighted by Crippen LogP contribution is -2.24. The van der Waals surface area contributed by atoms with Crippen molar-refractivity contribution in [1.29, 1.82) is 0 Å². The standard InChI is InChI=1S/C14H19Br2NO/c1-4-7-17-10(2)5-6-11-8-12(15)9-13(16)14(11)18-3/h5-6,8-10,17H,4,7H2,1-3H3/b6-5+. The summed E-state index contributed by atoms with van der Waals surface area (Å²) in [6, 6.07) is 4.38. The Bertz CT molecular complexity index is 419. The Kier molecular flexibility index (Phi) is 6.97. The van der Waals surface area contributed by atoms with Gasteiger partial charge in [-0.2, -0.15) is 0 Å². The molecule has 1 N–H and O–H groups in total. The van der Waals surface area contributed by atoms with Gasteiger partial charge in [0, 0.05) is 16.1 Å². The maximum absolute atomic E-state index is 5.41. The van der Waals surface area contributed by atoms with Gasteiger partial charge < -0.3 is 10.1 Å². The minimum Gasteiger partial charge on any atom is -0.495 e. The van der Waals surface area contributed by atoms with Gasteiger partial charge in [-0.05, 0) is 48.0 Å². The molecule has 2 nitrogen and oxygen atoms in total. The second-order valence-electron chi connectivity index (χ2n) is 4.11. The molecule has 0 saturated carbocycles. The van der Waals surface area contributed by atoms with Crippen LogP contribution in [0.5, 0.6) is 5.75 Å². The fourth-order valence-corrected chi connectivity index (χ4v) is 3.03. The molecular weight excluding hydrogens is 358 g/mol. The zero-order valence-corrected chi connectivity index (χ0v) is 14.1. The van der Waals surface area contributed by atoms with E-state index in [-0.39, 0.29) is 0 Å². The first-order valence-electron chi connectivity index (χ1n) is 6.03. The fourth-order valence-electron chi connectivity index (χ4n) is 1.61. The van der Waals surface area contributed by atoms with Crippen LogP contribution in [0.2, 0.25) is 0 Å². The summed E-state index contributed by atoms with van der Waals surface area (Å²) >= 11 is 6.99. The predicted octanol–water partition coefficient (Wildman–Crippen LogP) is 4.62. The van der Waals surface area contributed by atoms with Crippen LogP contribution in [0.1, 0.15) is 25.8 Å². The lowest BCUT2D eigenvalue weighted by Gasteiger charge is -2.10. The van der Waals surface area contributed by atoms with Gasteiger partial charge in [0.05, 0.1) is 11.6 Å². The SMILES string of the molecule is CCCNC(C)/C=C/c1cc(Br)cc(Br)c1OC. The highest BCUT2D eigenvalue weighted by Gasteiger charge is 2.07. The predicted molar refractivity (Wildman–Crippen MR) is 85.2 cm³/mol. The lowest BCUT2D eigenvalue weighted by atomic mass is 10.1. The van der Waals surface area contributed by atoms with Crippen LogP contribution < -0.4 is 10.1 Å². The zero-order chi connectivity index (χ0) is 13.5. The molecule has 1 aromatic carbocycles.